The first-order chi connectivity index (χ1) is 22.3. The molecule has 2 unspecified atom stereocenters. The molecule has 0 spiro atoms. The Hall–Kier alpha value is -4.28. The van der Waals surface area contributed by atoms with Crippen LogP contribution in [-0.4, -0.2) is 81.3 Å². The molecule has 1 heterocycles. The van der Waals surface area contributed by atoms with Gasteiger partial charge in [0, 0.05) is 37.9 Å². The summed E-state index contributed by atoms with van der Waals surface area (Å²) in [4.78, 5) is 24.4. The number of hydrogen-bond donors (Lipinski definition) is 2. The van der Waals surface area contributed by atoms with Crippen LogP contribution in [0.25, 0.3) is 0 Å². The van der Waals surface area contributed by atoms with E-state index in [1.807, 2.05) is 73.7 Å². The van der Waals surface area contributed by atoms with Gasteiger partial charge >= 0.3 is 6.09 Å². The maximum atomic E-state index is 11.8. The maximum Gasteiger partial charge on any atom is 0.407 e. The third-order valence-corrected chi connectivity index (χ3v) is 7.95. The monoisotopic (exact) mass is 634 g/mol. The SMILES string of the molecule is COc1ccccc1COCCCOc1ccc(C2CCN(C(=O)O)CC2OCCOc2cc(C)ccc2CCNC(C)=O)cc1. The molecular formula is C36H46N2O8. The zero-order chi connectivity index (χ0) is 32.7. The molecule has 2 amide bonds. The maximum absolute atomic E-state index is 11.8. The van der Waals surface area contributed by atoms with Gasteiger partial charge < -0.3 is 39.0 Å². The van der Waals surface area contributed by atoms with Crippen LogP contribution >= 0.6 is 0 Å². The topological polar surface area (TPSA) is 116 Å². The van der Waals surface area contributed by atoms with Crippen LogP contribution in [0, 0.1) is 6.92 Å². The average molecular weight is 635 g/mol. The molecule has 1 fully saturated rings. The lowest BCUT2D eigenvalue weighted by molar-refractivity contribution is -0.118. The molecule has 10 nitrogen and oxygen atoms in total. The van der Waals surface area contributed by atoms with Crippen molar-refractivity contribution in [2.45, 2.75) is 51.7 Å². The minimum Gasteiger partial charge on any atom is -0.496 e. The molecule has 0 aliphatic carbocycles. The average Bonchev–Trinajstić information content (AvgIpc) is 3.06. The molecule has 10 heteroatoms. The number of rotatable bonds is 17. The highest BCUT2D eigenvalue weighted by molar-refractivity contribution is 5.72. The first-order valence-electron chi connectivity index (χ1n) is 15.8. The number of para-hydroxylation sites is 1. The van der Waals surface area contributed by atoms with Crippen molar-refractivity contribution in [3.63, 3.8) is 0 Å². The van der Waals surface area contributed by atoms with Crippen LogP contribution in [0.5, 0.6) is 17.2 Å². The number of aryl methyl sites for hydroxylation is 1. The zero-order valence-corrected chi connectivity index (χ0v) is 27.0. The minimum absolute atomic E-state index is 0.0419. The molecule has 0 saturated carbocycles. The van der Waals surface area contributed by atoms with E-state index in [4.69, 9.17) is 23.7 Å². The van der Waals surface area contributed by atoms with Crippen molar-refractivity contribution in [2.24, 2.45) is 0 Å². The molecule has 1 aliphatic heterocycles. The van der Waals surface area contributed by atoms with Gasteiger partial charge in [-0.05, 0) is 60.7 Å². The number of amides is 2. The second-order valence-corrected chi connectivity index (χ2v) is 11.4. The Kier molecular flexibility index (Phi) is 13.5. The third kappa shape index (κ3) is 10.7. The van der Waals surface area contributed by atoms with Gasteiger partial charge in [0.15, 0.2) is 0 Å². The summed E-state index contributed by atoms with van der Waals surface area (Å²) in [5.74, 6) is 2.33. The van der Waals surface area contributed by atoms with E-state index in [0.717, 1.165) is 45.9 Å². The molecule has 248 valence electrons. The molecule has 46 heavy (non-hydrogen) atoms. The number of carboxylic acid groups (broad SMARTS) is 1. The number of nitrogens with one attached hydrogen (secondary N) is 1. The molecule has 4 rings (SSSR count). The fourth-order valence-corrected chi connectivity index (χ4v) is 5.53. The number of methoxy groups -OCH3 is 1. The van der Waals surface area contributed by atoms with E-state index in [1.54, 1.807) is 7.11 Å². The highest BCUT2D eigenvalue weighted by atomic mass is 16.5. The summed E-state index contributed by atoms with van der Waals surface area (Å²) in [6.07, 6.45) is 0.820. The molecule has 2 atom stereocenters. The summed E-state index contributed by atoms with van der Waals surface area (Å²) >= 11 is 0. The van der Waals surface area contributed by atoms with E-state index in [0.29, 0.717) is 65.5 Å². The standard InChI is InChI=1S/C36H46N2O8/c1-26-9-10-29(15-17-37-27(2)39)34(23-26)45-21-22-46-35-24-38(36(40)41)18-16-32(35)28-11-13-31(14-12-28)44-20-6-19-43-25-30-7-4-5-8-33(30)42-3/h4-5,7-14,23,32,35H,6,15-22,24-25H2,1-3H3,(H,37,39)(H,40,41). The Morgan fingerprint density at radius 2 is 1.74 bits per heavy atom. The van der Waals surface area contributed by atoms with Gasteiger partial charge in [0.1, 0.15) is 23.9 Å². The van der Waals surface area contributed by atoms with Crippen molar-refractivity contribution in [2.75, 3.05) is 53.2 Å². The minimum atomic E-state index is -0.942. The fraction of sp³-hybridized carbons (Fsp3) is 0.444. The number of nitrogens with zero attached hydrogens (tertiary/aromatic N) is 1. The number of carbonyl (C=O) groups excluding carboxylic acids is 1. The summed E-state index contributed by atoms with van der Waals surface area (Å²) in [7, 11) is 1.65. The molecule has 3 aromatic carbocycles. The number of ether oxygens (including phenoxy) is 5. The first-order valence-corrected chi connectivity index (χ1v) is 15.8. The Morgan fingerprint density at radius 3 is 2.50 bits per heavy atom. The Bertz CT molecular complexity index is 1400. The second kappa shape index (κ2) is 18.0. The van der Waals surface area contributed by atoms with Gasteiger partial charge in [0.2, 0.25) is 5.91 Å². The van der Waals surface area contributed by atoms with E-state index in [-0.39, 0.29) is 17.9 Å². The lowest BCUT2D eigenvalue weighted by atomic mass is 9.87. The smallest absolute Gasteiger partial charge is 0.407 e. The van der Waals surface area contributed by atoms with E-state index >= 15 is 0 Å². The molecule has 1 aliphatic rings. The summed E-state index contributed by atoms with van der Waals surface area (Å²) < 4.78 is 29.5. The highest BCUT2D eigenvalue weighted by Crippen LogP contribution is 2.32. The van der Waals surface area contributed by atoms with E-state index in [2.05, 4.69) is 5.32 Å². The number of piperidine rings is 1. The van der Waals surface area contributed by atoms with Crippen molar-refractivity contribution in [3.8, 4) is 17.2 Å². The number of hydrogen-bond acceptors (Lipinski definition) is 7. The predicted molar refractivity (Wildman–Crippen MR) is 175 cm³/mol. The second-order valence-electron chi connectivity index (χ2n) is 11.4. The van der Waals surface area contributed by atoms with Crippen molar-refractivity contribution < 1.29 is 38.4 Å². The van der Waals surface area contributed by atoms with Crippen LogP contribution in [0.15, 0.2) is 66.7 Å². The molecule has 0 radical (unpaired) electrons. The summed E-state index contributed by atoms with van der Waals surface area (Å²) in [6.45, 7) is 7.00. The molecular weight excluding hydrogens is 588 g/mol. The van der Waals surface area contributed by atoms with Crippen molar-refractivity contribution >= 4 is 12.0 Å². The van der Waals surface area contributed by atoms with Crippen LogP contribution < -0.4 is 19.5 Å². The lowest BCUT2D eigenvalue weighted by Crippen LogP contribution is -2.46. The Morgan fingerprint density at radius 1 is 0.935 bits per heavy atom. The van der Waals surface area contributed by atoms with Crippen LogP contribution in [0.3, 0.4) is 0 Å². The van der Waals surface area contributed by atoms with Gasteiger partial charge in [0.25, 0.3) is 0 Å². The molecule has 0 bridgehead atoms. The van der Waals surface area contributed by atoms with Crippen LogP contribution in [0.2, 0.25) is 0 Å². The summed E-state index contributed by atoms with van der Waals surface area (Å²) in [6, 6.07) is 21.8. The molecule has 2 N–H and O–H groups in total. The normalized spacial score (nSPS) is 16.1. The Balaban J connectivity index is 1.25. The van der Waals surface area contributed by atoms with E-state index < -0.39 is 6.09 Å². The van der Waals surface area contributed by atoms with Gasteiger partial charge in [-0.3, -0.25) is 4.79 Å². The van der Waals surface area contributed by atoms with E-state index in [9.17, 15) is 14.7 Å². The summed E-state index contributed by atoms with van der Waals surface area (Å²) in [5.41, 5.74) is 4.19. The number of likely N-dealkylation sites (tertiary alicyclic amines) is 1. The van der Waals surface area contributed by atoms with E-state index in [1.165, 1.54) is 11.8 Å². The van der Waals surface area contributed by atoms with Crippen LogP contribution in [-0.2, 0) is 27.3 Å². The van der Waals surface area contributed by atoms with Gasteiger partial charge in [-0.15, -0.1) is 0 Å². The Labute approximate surface area is 271 Å². The summed E-state index contributed by atoms with van der Waals surface area (Å²) in [5, 5.41) is 12.5. The van der Waals surface area contributed by atoms with Gasteiger partial charge in [0.05, 0.1) is 46.2 Å². The fourth-order valence-electron chi connectivity index (χ4n) is 5.53. The number of carbonyl (C=O) groups is 2. The largest absolute Gasteiger partial charge is 0.496 e. The van der Waals surface area contributed by atoms with Crippen LogP contribution in [0.4, 0.5) is 4.79 Å². The zero-order valence-electron chi connectivity index (χ0n) is 27.0. The first kappa shape index (κ1) is 34.6. The number of benzene rings is 3. The van der Waals surface area contributed by atoms with Gasteiger partial charge in [-0.25, -0.2) is 4.79 Å². The quantitative estimate of drug-likeness (QED) is 0.185. The lowest BCUT2D eigenvalue weighted by Gasteiger charge is -2.37. The van der Waals surface area contributed by atoms with Crippen molar-refractivity contribution in [1.29, 1.82) is 0 Å². The van der Waals surface area contributed by atoms with Crippen LogP contribution in [0.1, 0.15) is 47.9 Å². The molecule has 0 aromatic heterocycles. The highest BCUT2D eigenvalue weighted by Gasteiger charge is 2.33. The predicted octanol–water partition coefficient (Wildman–Crippen LogP) is 5.60. The van der Waals surface area contributed by atoms with Gasteiger partial charge in [-0.2, -0.15) is 0 Å². The third-order valence-electron chi connectivity index (χ3n) is 7.95. The van der Waals surface area contributed by atoms with Crippen molar-refractivity contribution in [3.05, 3.63) is 89.0 Å². The molecule has 1 saturated heterocycles. The van der Waals surface area contributed by atoms with Gasteiger partial charge in [-0.1, -0.05) is 42.5 Å². The van der Waals surface area contributed by atoms with Crippen molar-refractivity contribution in [1.82, 2.24) is 10.2 Å². The molecule has 3 aromatic rings.